The molecule has 0 atom stereocenters. The van der Waals surface area contributed by atoms with Crippen molar-refractivity contribution in [2.45, 2.75) is 25.7 Å². The van der Waals surface area contributed by atoms with Gasteiger partial charge >= 0.3 is 0 Å². The maximum atomic E-state index is 12.9. The van der Waals surface area contributed by atoms with Gasteiger partial charge in [0.05, 0.1) is 10.7 Å². The highest BCUT2D eigenvalue weighted by molar-refractivity contribution is 7.92. The van der Waals surface area contributed by atoms with Crippen molar-refractivity contribution < 1.29 is 13.2 Å². The van der Waals surface area contributed by atoms with Crippen molar-refractivity contribution in [3.63, 3.8) is 0 Å². The first-order valence-electron chi connectivity index (χ1n) is 10.0. The Kier molecular flexibility index (Phi) is 6.31. The fourth-order valence-corrected chi connectivity index (χ4v) is 4.64. The Morgan fingerprint density at radius 3 is 2.36 bits per heavy atom. The quantitative estimate of drug-likeness (QED) is 0.380. The molecule has 168 valence electrons. The Morgan fingerprint density at radius 2 is 1.70 bits per heavy atom. The van der Waals surface area contributed by atoms with Gasteiger partial charge in [0.25, 0.3) is 10.0 Å². The lowest BCUT2D eigenvalue weighted by Crippen LogP contribution is -2.14. The summed E-state index contributed by atoms with van der Waals surface area (Å²) in [5, 5.41) is 0.461. The van der Waals surface area contributed by atoms with E-state index in [-0.39, 0.29) is 16.5 Å². The SMILES string of the molecule is Cc1cc(C)c(Oc2nc(-c3cncc(Cl)c3)ccc2NS(=O)(=O)c2cccnc2)c(C)c1. The van der Waals surface area contributed by atoms with Gasteiger partial charge in [0.2, 0.25) is 5.88 Å². The molecule has 3 heterocycles. The summed E-state index contributed by atoms with van der Waals surface area (Å²) in [5.74, 6) is 0.714. The number of halogens is 1. The molecule has 0 aliphatic heterocycles. The predicted molar refractivity (Wildman–Crippen MR) is 128 cm³/mol. The molecule has 0 unspecified atom stereocenters. The number of pyridine rings is 3. The topological polar surface area (TPSA) is 94.1 Å². The van der Waals surface area contributed by atoms with Crippen LogP contribution in [0.4, 0.5) is 5.69 Å². The summed E-state index contributed by atoms with van der Waals surface area (Å²) in [6.45, 7) is 5.86. The van der Waals surface area contributed by atoms with E-state index in [1.54, 1.807) is 30.5 Å². The molecule has 3 aromatic heterocycles. The van der Waals surface area contributed by atoms with E-state index in [0.717, 1.165) is 16.7 Å². The fourth-order valence-electron chi connectivity index (χ4n) is 3.44. The van der Waals surface area contributed by atoms with E-state index < -0.39 is 10.0 Å². The Labute approximate surface area is 197 Å². The van der Waals surface area contributed by atoms with Gasteiger partial charge in [-0.3, -0.25) is 14.7 Å². The molecule has 0 spiro atoms. The molecule has 1 aromatic carbocycles. The monoisotopic (exact) mass is 480 g/mol. The van der Waals surface area contributed by atoms with E-state index >= 15 is 0 Å². The first kappa shape index (κ1) is 22.7. The van der Waals surface area contributed by atoms with E-state index in [1.165, 1.54) is 24.7 Å². The summed E-state index contributed by atoms with van der Waals surface area (Å²) >= 11 is 6.09. The number of ether oxygens (including phenoxy) is 1. The Balaban J connectivity index is 1.81. The molecule has 0 fully saturated rings. The first-order chi connectivity index (χ1) is 15.7. The van der Waals surface area contributed by atoms with Crippen molar-refractivity contribution in [2.75, 3.05) is 4.72 Å². The summed E-state index contributed by atoms with van der Waals surface area (Å²) < 4.78 is 34.6. The largest absolute Gasteiger partial charge is 0.436 e. The second-order valence-electron chi connectivity index (χ2n) is 7.57. The van der Waals surface area contributed by atoms with Gasteiger partial charge in [0.15, 0.2) is 0 Å². The van der Waals surface area contributed by atoms with Gasteiger partial charge in [-0.25, -0.2) is 13.4 Å². The number of nitrogens with one attached hydrogen (secondary N) is 1. The van der Waals surface area contributed by atoms with E-state index in [2.05, 4.69) is 19.7 Å². The number of aromatic nitrogens is 3. The molecule has 4 rings (SSSR count). The van der Waals surface area contributed by atoms with Gasteiger partial charge in [-0.2, -0.15) is 0 Å². The molecule has 0 aliphatic rings. The number of anilines is 1. The molecule has 0 amide bonds. The van der Waals surface area contributed by atoms with E-state index in [4.69, 9.17) is 16.3 Å². The standard InChI is InChI=1S/C24H21ClN4O3S/c1-15-9-16(2)23(17(3)10-15)32-24-22(29-33(30,31)20-5-4-8-26-14-20)7-6-21(28-24)18-11-19(25)13-27-12-18/h4-14,29H,1-3H3. The third kappa shape index (κ3) is 5.13. The molecule has 0 radical (unpaired) electrons. The highest BCUT2D eigenvalue weighted by atomic mass is 35.5. The van der Waals surface area contributed by atoms with Crippen LogP contribution in [0.2, 0.25) is 5.02 Å². The number of sulfonamides is 1. The van der Waals surface area contributed by atoms with Crippen molar-refractivity contribution in [1.82, 2.24) is 15.0 Å². The van der Waals surface area contributed by atoms with Gasteiger partial charge < -0.3 is 4.74 Å². The second kappa shape index (κ2) is 9.17. The maximum absolute atomic E-state index is 12.9. The number of hydrogen-bond donors (Lipinski definition) is 1. The summed E-state index contributed by atoms with van der Waals surface area (Å²) in [6.07, 6.45) is 5.93. The van der Waals surface area contributed by atoms with Crippen LogP contribution < -0.4 is 9.46 Å². The molecular weight excluding hydrogens is 460 g/mol. The molecule has 33 heavy (non-hydrogen) atoms. The van der Waals surface area contributed by atoms with Crippen LogP contribution >= 0.6 is 11.6 Å². The average molecular weight is 481 g/mol. The molecule has 0 bridgehead atoms. The van der Waals surface area contributed by atoms with Gasteiger partial charge in [-0.15, -0.1) is 0 Å². The fraction of sp³-hybridized carbons (Fsp3) is 0.125. The van der Waals surface area contributed by atoms with Gasteiger partial charge in [0, 0.05) is 30.4 Å². The zero-order valence-corrected chi connectivity index (χ0v) is 19.8. The van der Waals surface area contributed by atoms with Crippen LogP contribution in [0.25, 0.3) is 11.3 Å². The van der Waals surface area contributed by atoms with Crippen molar-refractivity contribution in [3.05, 3.63) is 89.0 Å². The van der Waals surface area contributed by atoms with Crippen molar-refractivity contribution in [3.8, 4) is 22.9 Å². The maximum Gasteiger partial charge on any atom is 0.263 e. The zero-order valence-electron chi connectivity index (χ0n) is 18.2. The van der Waals surface area contributed by atoms with Crippen LogP contribution in [0.5, 0.6) is 11.6 Å². The summed E-state index contributed by atoms with van der Waals surface area (Å²) in [5.41, 5.74) is 4.31. The zero-order chi connectivity index (χ0) is 23.6. The molecule has 0 saturated heterocycles. The van der Waals surface area contributed by atoms with E-state index in [1.807, 2.05) is 32.9 Å². The summed E-state index contributed by atoms with van der Waals surface area (Å²) in [4.78, 5) is 12.6. The minimum absolute atomic E-state index is 0.0294. The first-order valence-corrected chi connectivity index (χ1v) is 11.9. The van der Waals surface area contributed by atoms with Gasteiger partial charge in [0.1, 0.15) is 16.3 Å². The number of hydrogen-bond acceptors (Lipinski definition) is 6. The highest BCUT2D eigenvalue weighted by Gasteiger charge is 2.20. The lowest BCUT2D eigenvalue weighted by Gasteiger charge is -2.17. The minimum Gasteiger partial charge on any atom is -0.436 e. The van der Waals surface area contributed by atoms with Gasteiger partial charge in [-0.05, 0) is 62.2 Å². The van der Waals surface area contributed by atoms with Crippen molar-refractivity contribution in [2.24, 2.45) is 0 Å². The Bertz CT molecular complexity index is 1400. The van der Waals surface area contributed by atoms with Crippen LogP contribution in [0, 0.1) is 20.8 Å². The van der Waals surface area contributed by atoms with Gasteiger partial charge in [-0.1, -0.05) is 29.3 Å². The van der Waals surface area contributed by atoms with Crippen molar-refractivity contribution >= 4 is 27.3 Å². The van der Waals surface area contributed by atoms with Crippen molar-refractivity contribution in [1.29, 1.82) is 0 Å². The number of aryl methyl sites for hydroxylation is 3. The molecular formula is C24H21ClN4O3S. The van der Waals surface area contributed by atoms with Crippen LogP contribution in [-0.2, 0) is 10.0 Å². The Hall–Kier alpha value is -3.49. The van der Waals surface area contributed by atoms with E-state index in [9.17, 15) is 8.42 Å². The molecule has 1 N–H and O–H groups in total. The van der Waals surface area contributed by atoms with Crippen LogP contribution in [0.1, 0.15) is 16.7 Å². The summed E-state index contributed by atoms with van der Waals surface area (Å²) in [6, 6.07) is 12.0. The molecule has 9 heteroatoms. The molecule has 4 aromatic rings. The number of rotatable bonds is 6. The molecule has 0 saturated carbocycles. The lowest BCUT2D eigenvalue weighted by atomic mass is 10.1. The second-order valence-corrected chi connectivity index (χ2v) is 9.68. The smallest absolute Gasteiger partial charge is 0.263 e. The summed E-state index contributed by atoms with van der Waals surface area (Å²) in [7, 11) is -3.91. The predicted octanol–water partition coefficient (Wildman–Crippen LogP) is 5.71. The average Bonchev–Trinajstić information content (AvgIpc) is 2.77. The highest BCUT2D eigenvalue weighted by Crippen LogP contribution is 2.35. The number of nitrogens with zero attached hydrogens (tertiary/aromatic N) is 3. The Morgan fingerprint density at radius 1 is 0.939 bits per heavy atom. The lowest BCUT2D eigenvalue weighted by molar-refractivity contribution is 0.459. The van der Waals surface area contributed by atoms with E-state index in [0.29, 0.717) is 22.0 Å². The third-order valence-electron chi connectivity index (χ3n) is 4.85. The normalized spacial score (nSPS) is 11.3. The molecule has 7 nitrogen and oxygen atoms in total. The van der Waals surface area contributed by atoms with Crippen LogP contribution in [0.15, 0.2) is 72.1 Å². The van der Waals surface area contributed by atoms with Crippen LogP contribution in [0.3, 0.4) is 0 Å². The minimum atomic E-state index is -3.91. The number of benzene rings is 1. The van der Waals surface area contributed by atoms with Crippen LogP contribution in [-0.4, -0.2) is 23.4 Å². The molecule has 0 aliphatic carbocycles. The third-order valence-corrected chi connectivity index (χ3v) is 6.41.